The lowest BCUT2D eigenvalue weighted by molar-refractivity contribution is -0.123. The molecule has 132 valence electrons. The number of anilines is 1. The van der Waals surface area contributed by atoms with Crippen molar-refractivity contribution in [1.82, 2.24) is 5.32 Å². The number of nitrogens with two attached hydrogens (primary N) is 1. The molecule has 0 saturated heterocycles. The molecule has 2 saturated carbocycles. The fraction of sp³-hybridized carbons (Fsp3) is 0.556. The number of amides is 2. The molecule has 0 aliphatic heterocycles. The molecule has 2 amide bonds. The van der Waals surface area contributed by atoms with Crippen LogP contribution in [0.15, 0.2) is 24.3 Å². The van der Waals surface area contributed by atoms with Gasteiger partial charge in [-0.2, -0.15) is 0 Å². The predicted molar refractivity (Wildman–Crippen MR) is 96.9 cm³/mol. The lowest BCUT2D eigenvalue weighted by Crippen LogP contribution is -2.42. The molecule has 1 aromatic rings. The number of nitrogens with one attached hydrogen (secondary N) is 2. The quantitative estimate of drug-likeness (QED) is 0.762. The van der Waals surface area contributed by atoms with E-state index in [2.05, 4.69) is 10.6 Å². The van der Waals surface area contributed by atoms with E-state index in [0.717, 1.165) is 49.8 Å². The van der Waals surface area contributed by atoms with Crippen LogP contribution in [0.4, 0.5) is 5.69 Å². The highest BCUT2D eigenvalue weighted by Crippen LogP contribution is 2.32. The van der Waals surface area contributed by atoms with Crippen LogP contribution in [0.1, 0.15) is 50.5 Å². The first-order valence-electron chi connectivity index (χ1n) is 8.54. The lowest BCUT2D eigenvalue weighted by Gasteiger charge is -2.21. The van der Waals surface area contributed by atoms with Gasteiger partial charge in [0, 0.05) is 18.2 Å². The first-order chi connectivity index (χ1) is 11.1. The second-order valence-electron chi connectivity index (χ2n) is 6.86. The van der Waals surface area contributed by atoms with Gasteiger partial charge in [0.25, 0.3) is 0 Å². The predicted octanol–water partition coefficient (Wildman–Crippen LogP) is 2.73. The summed E-state index contributed by atoms with van der Waals surface area (Å²) < 4.78 is 0. The van der Waals surface area contributed by atoms with Crippen LogP contribution < -0.4 is 16.4 Å². The summed E-state index contributed by atoms with van der Waals surface area (Å²) in [5, 5.41) is 5.87. The van der Waals surface area contributed by atoms with E-state index in [1.54, 1.807) is 0 Å². The average Bonchev–Trinajstić information content (AvgIpc) is 3.33. The zero-order valence-corrected chi connectivity index (χ0v) is 14.7. The van der Waals surface area contributed by atoms with Gasteiger partial charge >= 0.3 is 0 Å². The number of hydrogen-bond acceptors (Lipinski definition) is 3. The normalized spacial score (nSPS) is 19.0. The van der Waals surface area contributed by atoms with E-state index in [4.69, 9.17) is 5.73 Å². The number of hydrogen-bond donors (Lipinski definition) is 3. The molecule has 0 aromatic heterocycles. The molecular formula is C18H26ClN3O2. The summed E-state index contributed by atoms with van der Waals surface area (Å²) in [6.45, 7) is 0.435. The van der Waals surface area contributed by atoms with Gasteiger partial charge in [-0.05, 0) is 43.4 Å². The van der Waals surface area contributed by atoms with Crippen LogP contribution in [0.3, 0.4) is 0 Å². The van der Waals surface area contributed by atoms with Crippen LogP contribution >= 0.6 is 12.4 Å². The van der Waals surface area contributed by atoms with Crippen molar-refractivity contribution in [3.8, 4) is 0 Å². The zero-order chi connectivity index (χ0) is 16.3. The van der Waals surface area contributed by atoms with Gasteiger partial charge in [0.1, 0.15) is 0 Å². The summed E-state index contributed by atoms with van der Waals surface area (Å²) in [6.07, 6.45) is 7.02. The van der Waals surface area contributed by atoms with Gasteiger partial charge in [-0.25, -0.2) is 0 Å². The fourth-order valence-corrected chi connectivity index (χ4v) is 3.09. The largest absolute Gasteiger partial charge is 0.350 e. The van der Waals surface area contributed by atoms with Gasteiger partial charge in [-0.1, -0.05) is 31.4 Å². The Morgan fingerprint density at radius 2 is 1.88 bits per heavy atom. The van der Waals surface area contributed by atoms with Crippen LogP contribution in [0.5, 0.6) is 0 Å². The summed E-state index contributed by atoms with van der Waals surface area (Å²) in [6, 6.07) is 7.63. The highest BCUT2D eigenvalue weighted by atomic mass is 35.5. The molecule has 1 aromatic carbocycles. The second kappa shape index (κ2) is 7.99. The van der Waals surface area contributed by atoms with E-state index in [0.29, 0.717) is 6.54 Å². The molecule has 6 heteroatoms. The first-order valence-corrected chi connectivity index (χ1v) is 8.54. The Hall–Kier alpha value is -1.59. The Kier molecular flexibility index (Phi) is 6.24. The van der Waals surface area contributed by atoms with Crippen molar-refractivity contribution in [3.63, 3.8) is 0 Å². The standard InChI is InChI=1S/C18H25N3O2.ClH/c19-18(9-10-18)17(23)20-12-13-5-4-8-15(11-13)21-16(22)14-6-2-1-3-7-14;/h4-5,8,11,14H,1-3,6-7,9-10,12,19H2,(H,20,23)(H,21,22);1H. The molecule has 0 unspecified atom stereocenters. The maximum Gasteiger partial charge on any atom is 0.240 e. The third kappa shape index (κ3) is 4.71. The number of benzene rings is 1. The smallest absolute Gasteiger partial charge is 0.240 e. The summed E-state index contributed by atoms with van der Waals surface area (Å²) >= 11 is 0. The summed E-state index contributed by atoms with van der Waals surface area (Å²) in [5.74, 6) is 0.165. The van der Waals surface area contributed by atoms with E-state index >= 15 is 0 Å². The van der Waals surface area contributed by atoms with Crippen molar-refractivity contribution in [1.29, 1.82) is 0 Å². The van der Waals surface area contributed by atoms with E-state index < -0.39 is 5.54 Å². The topological polar surface area (TPSA) is 84.2 Å². The van der Waals surface area contributed by atoms with Crippen LogP contribution in [0.2, 0.25) is 0 Å². The molecule has 4 N–H and O–H groups in total. The number of carbonyl (C=O) groups excluding carboxylic acids is 2. The summed E-state index contributed by atoms with van der Waals surface area (Å²) in [7, 11) is 0. The van der Waals surface area contributed by atoms with Crippen molar-refractivity contribution < 1.29 is 9.59 Å². The highest BCUT2D eigenvalue weighted by Gasteiger charge is 2.45. The minimum Gasteiger partial charge on any atom is -0.350 e. The molecular weight excluding hydrogens is 326 g/mol. The van der Waals surface area contributed by atoms with Gasteiger partial charge in [0.15, 0.2) is 0 Å². The van der Waals surface area contributed by atoms with E-state index in [1.807, 2.05) is 24.3 Å². The van der Waals surface area contributed by atoms with Gasteiger partial charge in [-0.15, -0.1) is 12.4 Å². The number of rotatable bonds is 5. The van der Waals surface area contributed by atoms with Crippen LogP contribution in [-0.4, -0.2) is 17.4 Å². The molecule has 0 heterocycles. The molecule has 3 rings (SSSR count). The summed E-state index contributed by atoms with van der Waals surface area (Å²) in [4.78, 5) is 24.2. The third-order valence-electron chi connectivity index (χ3n) is 4.86. The third-order valence-corrected chi connectivity index (χ3v) is 4.86. The maximum absolute atomic E-state index is 12.3. The van der Waals surface area contributed by atoms with Crippen molar-refractivity contribution in [2.24, 2.45) is 11.7 Å². The Morgan fingerprint density at radius 3 is 2.54 bits per heavy atom. The van der Waals surface area contributed by atoms with Gasteiger partial charge < -0.3 is 16.4 Å². The van der Waals surface area contributed by atoms with Gasteiger partial charge in [0.2, 0.25) is 11.8 Å². The summed E-state index contributed by atoms with van der Waals surface area (Å²) in [5.41, 5.74) is 6.97. The molecule has 2 fully saturated rings. The van der Waals surface area contributed by atoms with E-state index in [-0.39, 0.29) is 30.1 Å². The maximum atomic E-state index is 12.3. The Morgan fingerprint density at radius 1 is 1.17 bits per heavy atom. The minimum absolute atomic E-state index is 0. The van der Waals surface area contributed by atoms with Crippen LogP contribution in [0.25, 0.3) is 0 Å². The number of halogens is 1. The molecule has 0 atom stereocenters. The van der Waals surface area contributed by atoms with Crippen molar-refractivity contribution in [2.45, 2.75) is 57.0 Å². The van der Waals surface area contributed by atoms with Crippen molar-refractivity contribution >= 4 is 29.9 Å². The zero-order valence-electron chi connectivity index (χ0n) is 13.8. The highest BCUT2D eigenvalue weighted by molar-refractivity contribution is 5.92. The monoisotopic (exact) mass is 351 g/mol. The van der Waals surface area contributed by atoms with Crippen molar-refractivity contribution in [3.05, 3.63) is 29.8 Å². The average molecular weight is 352 g/mol. The fourth-order valence-electron chi connectivity index (χ4n) is 3.09. The Bertz CT molecular complexity index is 596. The molecule has 0 bridgehead atoms. The molecule has 2 aliphatic rings. The van der Waals surface area contributed by atoms with E-state index in [9.17, 15) is 9.59 Å². The van der Waals surface area contributed by atoms with Gasteiger partial charge in [-0.3, -0.25) is 9.59 Å². The van der Waals surface area contributed by atoms with Crippen molar-refractivity contribution in [2.75, 3.05) is 5.32 Å². The second-order valence-corrected chi connectivity index (χ2v) is 6.86. The minimum atomic E-state index is -0.646. The molecule has 2 aliphatic carbocycles. The van der Waals surface area contributed by atoms with Crippen LogP contribution in [-0.2, 0) is 16.1 Å². The Labute approximate surface area is 149 Å². The van der Waals surface area contributed by atoms with Gasteiger partial charge in [0.05, 0.1) is 5.54 Å². The molecule has 5 nitrogen and oxygen atoms in total. The first kappa shape index (κ1) is 18.7. The molecule has 0 spiro atoms. The van der Waals surface area contributed by atoms with E-state index in [1.165, 1.54) is 6.42 Å². The Balaban J connectivity index is 0.00000208. The lowest BCUT2D eigenvalue weighted by atomic mass is 9.88. The molecule has 0 radical (unpaired) electrons. The van der Waals surface area contributed by atoms with Crippen LogP contribution in [0, 0.1) is 5.92 Å². The number of carbonyl (C=O) groups is 2. The SMILES string of the molecule is Cl.NC1(C(=O)NCc2cccc(NC(=O)C3CCCCC3)c2)CC1. The molecule has 24 heavy (non-hydrogen) atoms.